The van der Waals surface area contributed by atoms with Crippen LogP contribution in [0, 0.1) is 0 Å². The van der Waals surface area contributed by atoms with Gasteiger partial charge >= 0.3 is 0 Å². The summed E-state index contributed by atoms with van der Waals surface area (Å²) in [4.78, 5) is 0. The number of rotatable bonds is 0. The summed E-state index contributed by atoms with van der Waals surface area (Å²) in [6.07, 6.45) is 0. The molecule has 0 N–H and O–H groups in total. The molecule has 0 unspecified atom stereocenters. The van der Waals surface area contributed by atoms with Gasteiger partial charge in [0.05, 0.1) is 0 Å². The molecule has 0 heterocycles. The second-order valence-electron chi connectivity index (χ2n) is 17.1. The van der Waals surface area contributed by atoms with E-state index in [1.54, 1.807) is 0 Å². The van der Waals surface area contributed by atoms with Crippen LogP contribution in [0.3, 0.4) is 0 Å². The molecule has 0 amide bonds. The number of fused-ring (bicyclic) bond motifs is 8. The van der Waals surface area contributed by atoms with Crippen LogP contribution < -0.4 is 0 Å². The highest BCUT2D eigenvalue weighted by Crippen LogP contribution is 2.48. The Kier molecular flexibility index (Phi) is 6.92. The molecule has 0 saturated heterocycles. The average molecular weight is 781 g/mol. The van der Waals surface area contributed by atoms with Crippen LogP contribution in [0.4, 0.5) is 0 Å². The normalized spacial score (nSPS) is 12.2. The molecule has 0 aliphatic carbocycles. The van der Waals surface area contributed by atoms with E-state index >= 15 is 0 Å². The third-order valence-electron chi connectivity index (χ3n) is 13.9. The lowest BCUT2D eigenvalue weighted by atomic mass is 9.83. The van der Waals surface area contributed by atoms with Crippen molar-refractivity contribution in [3.05, 3.63) is 218 Å². The average Bonchev–Trinajstić information content (AvgIpc) is 3.35. The van der Waals surface area contributed by atoms with Crippen molar-refractivity contribution in [2.45, 2.75) is 0 Å². The largest absolute Gasteiger partial charge is 0.0616 e. The molecular formula is C62H36. The Hall–Kier alpha value is -8.06. The molecule has 0 heteroatoms. The maximum absolute atomic E-state index is 2.31. The Bertz CT molecular complexity index is 3750. The van der Waals surface area contributed by atoms with E-state index in [2.05, 4.69) is 218 Å². The minimum atomic E-state index is 1.32. The first-order valence-corrected chi connectivity index (χ1v) is 21.7. The fraction of sp³-hybridized carbons (Fsp3) is 0. The fourth-order valence-electron chi connectivity index (χ4n) is 11.2. The van der Waals surface area contributed by atoms with Crippen LogP contribution in [0.25, 0.3) is 140 Å². The van der Waals surface area contributed by atoms with Gasteiger partial charge in [0.15, 0.2) is 0 Å². The summed E-state index contributed by atoms with van der Waals surface area (Å²) < 4.78 is 0. The van der Waals surface area contributed by atoms with Gasteiger partial charge in [-0.05, 0) is 146 Å². The third kappa shape index (κ3) is 4.67. The van der Waals surface area contributed by atoms with Crippen LogP contribution in [0.15, 0.2) is 218 Å². The van der Waals surface area contributed by atoms with Gasteiger partial charge in [0.1, 0.15) is 0 Å². The van der Waals surface area contributed by atoms with Crippen molar-refractivity contribution < 1.29 is 0 Å². The quantitative estimate of drug-likeness (QED) is 0.106. The van der Waals surface area contributed by atoms with Crippen LogP contribution in [-0.2, 0) is 0 Å². The molecule has 0 radical (unpaired) electrons. The molecule has 0 fully saturated rings. The van der Waals surface area contributed by atoms with Gasteiger partial charge in [0.25, 0.3) is 0 Å². The highest BCUT2D eigenvalue weighted by molar-refractivity contribution is 6.44. The van der Waals surface area contributed by atoms with Crippen LogP contribution in [0.2, 0.25) is 0 Å². The van der Waals surface area contributed by atoms with Gasteiger partial charge in [-0.25, -0.2) is 0 Å². The zero-order valence-corrected chi connectivity index (χ0v) is 33.8. The Morgan fingerprint density at radius 2 is 0.387 bits per heavy atom. The van der Waals surface area contributed by atoms with Gasteiger partial charge < -0.3 is 0 Å². The van der Waals surface area contributed by atoms with E-state index in [4.69, 9.17) is 0 Å². The molecule has 0 aromatic heterocycles. The Balaban J connectivity index is 0.0000000919. The maximum atomic E-state index is 2.31. The Labute approximate surface area is 356 Å². The summed E-state index contributed by atoms with van der Waals surface area (Å²) in [6.45, 7) is 0. The van der Waals surface area contributed by atoms with Gasteiger partial charge in [-0.1, -0.05) is 212 Å². The number of benzene rings is 16. The molecule has 62 heavy (non-hydrogen) atoms. The van der Waals surface area contributed by atoms with Crippen LogP contribution in [0.5, 0.6) is 0 Å². The van der Waals surface area contributed by atoms with Crippen LogP contribution in [-0.4, -0.2) is 0 Å². The van der Waals surface area contributed by atoms with Crippen LogP contribution >= 0.6 is 0 Å². The molecular weight excluding hydrogens is 745 g/mol. The Morgan fingerprint density at radius 1 is 0.129 bits per heavy atom. The second kappa shape index (κ2) is 12.7. The topological polar surface area (TPSA) is 0 Å². The van der Waals surface area contributed by atoms with E-state index in [1.807, 2.05) is 0 Å². The van der Waals surface area contributed by atoms with Gasteiger partial charge in [-0.3, -0.25) is 0 Å². The predicted octanol–water partition coefficient (Wildman–Crippen LogP) is 17.8. The van der Waals surface area contributed by atoms with E-state index in [0.717, 1.165) is 0 Å². The maximum Gasteiger partial charge on any atom is -0.00139 e. The van der Waals surface area contributed by atoms with Gasteiger partial charge in [-0.2, -0.15) is 0 Å². The van der Waals surface area contributed by atoms with Crippen molar-refractivity contribution in [2.24, 2.45) is 0 Å². The van der Waals surface area contributed by atoms with E-state index in [9.17, 15) is 0 Å². The first-order valence-electron chi connectivity index (χ1n) is 21.7. The summed E-state index contributed by atoms with van der Waals surface area (Å²) in [5.74, 6) is 0. The van der Waals surface area contributed by atoms with Crippen molar-refractivity contribution in [3.63, 3.8) is 0 Å². The first-order chi connectivity index (χ1) is 30.8. The molecule has 16 rings (SSSR count). The smallest absolute Gasteiger partial charge is 0.00139 e. The summed E-state index contributed by atoms with van der Waals surface area (Å²) >= 11 is 0. The van der Waals surface area contributed by atoms with Crippen molar-refractivity contribution in [3.8, 4) is 0 Å². The minimum absolute atomic E-state index is 1.32. The highest BCUT2D eigenvalue weighted by Gasteiger charge is 2.19. The lowest BCUT2D eigenvalue weighted by Crippen LogP contribution is -1.91. The number of hydrogen-bond acceptors (Lipinski definition) is 0. The van der Waals surface area contributed by atoms with Crippen molar-refractivity contribution in [2.75, 3.05) is 0 Å². The molecule has 16 aromatic rings. The Morgan fingerprint density at radius 3 is 0.742 bits per heavy atom. The molecule has 0 aliphatic heterocycles. The van der Waals surface area contributed by atoms with Crippen LogP contribution in [0.1, 0.15) is 0 Å². The number of hydrogen-bond donors (Lipinski definition) is 0. The molecule has 0 spiro atoms. The van der Waals surface area contributed by atoms with Crippen molar-refractivity contribution >= 4 is 140 Å². The van der Waals surface area contributed by atoms with Crippen molar-refractivity contribution in [1.29, 1.82) is 0 Å². The molecule has 284 valence electrons. The van der Waals surface area contributed by atoms with Crippen molar-refractivity contribution in [1.82, 2.24) is 0 Å². The first kappa shape index (κ1) is 33.7. The molecule has 16 aromatic carbocycles. The molecule has 0 atom stereocenters. The molecule has 0 saturated carbocycles. The molecule has 0 bridgehead atoms. The minimum Gasteiger partial charge on any atom is -0.0616 e. The monoisotopic (exact) mass is 780 g/mol. The third-order valence-corrected chi connectivity index (χ3v) is 13.9. The lowest BCUT2D eigenvalue weighted by Gasteiger charge is -2.20. The highest BCUT2D eigenvalue weighted by atomic mass is 14.2. The van der Waals surface area contributed by atoms with E-state index in [1.165, 1.54) is 140 Å². The van der Waals surface area contributed by atoms with Gasteiger partial charge in [0, 0.05) is 0 Å². The predicted molar refractivity (Wildman–Crippen MR) is 272 cm³/mol. The fourth-order valence-corrected chi connectivity index (χ4v) is 11.2. The standard InChI is InChI=1S/C24H12.C20H12.C18H12/c1-2-14-5-6-16-9-11-18-12-10-17-8-7-15-4-3-13(1)19-20(14)22(16)24(18)23(17)21(15)19;1-2-7-17-15(4-1)12-16-9-8-13-5-3-6-14-10-11-18(17)20(16)19(13)14;1-2-8-14-13(7-1)15-9-3-4-11-17(15)18-12-6-5-10-16(14)18/h1-12H;1-12H;1-12H. The summed E-state index contributed by atoms with van der Waals surface area (Å²) in [5.41, 5.74) is 0. The lowest BCUT2D eigenvalue weighted by molar-refractivity contribution is 1.77. The zero-order valence-electron chi connectivity index (χ0n) is 33.8. The summed E-state index contributed by atoms with van der Waals surface area (Å²) in [5, 5.41) is 35.6. The molecule has 0 nitrogen and oxygen atoms in total. The van der Waals surface area contributed by atoms with E-state index in [-0.39, 0.29) is 0 Å². The summed E-state index contributed by atoms with van der Waals surface area (Å²) in [6, 6.07) is 79.8. The molecule has 0 aliphatic rings. The summed E-state index contributed by atoms with van der Waals surface area (Å²) in [7, 11) is 0. The van der Waals surface area contributed by atoms with E-state index in [0.29, 0.717) is 0 Å². The SMILES string of the molecule is c1cc2ccc3ccc4ccc5ccc6ccc1c1c2c3c4c5c61.c1ccc2c(c1)c1ccccc1c1ccccc21.c1ccc2c(c1)cc1ccc3cccc4ccc2c1c34. The second-order valence-corrected chi connectivity index (χ2v) is 17.1. The van der Waals surface area contributed by atoms with Gasteiger partial charge in [-0.15, -0.1) is 0 Å². The van der Waals surface area contributed by atoms with E-state index < -0.39 is 0 Å². The zero-order chi connectivity index (χ0) is 40.5. The van der Waals surface area contributed by atoms with Gasteiger partial charge in [0.2, 0.25) is 0 Å².